The molecule has 23 heavy (non-hydrogen) atoms. The summed E-state index contributed by atoms with van der Waals surface area (Å²) in [5.74, 6) is -0.669. The van der Waals surface area contributed by atoms with Gasteiger partial charge in [0.2, 0.25) is 0 Å². The van der Waals surface area contributed by atoms with E-state index in [1.165, 1.54) is 11.3 Å². The van der Waals surface area contributed by atoms with E-state index >= 15 is 0 Å². The van der Waals surface area contributed by atoms with Crippen molar-refractivity contribution in [3.63, 3.8) is 0 Å². The molecule has 2 heterocycles. The molecule has 0 bridgehead atoms. The molecule has 1 amide bonds. The maximum Gasteiger partial charge on any atom is 0.338 e. The van der Waals surface area contributed by atoms with E-state index in [4.69, 9.17) is 4.74 Å². The number of rotatable bonds is 4. The summed E-state index contributed by atoms with van der Waals surface area (Å²) in [7, 11) is 0. The van der Waals surface area contributed by atoms with Crippen LogP contribution in [-0.2, 0) is 4.74 Å². The Hall–Kier alpha value is -2.67. The van der Waals surface area contributed by atoms with Crippen LogP contribution in [0.15, 0.2) is 36.7 Å². The normalized spacial score (nSPS) is 10.7. The minimum Gasteiger partial charge on any atom is -0.462 e. The summed E-state index contributed by atoms with van der Waals surface area (Å²) < 4.78 is 6.75. The van der Waals surface area contributed by atoms with Crippen LogP contribution in [0.3, 0.4) is 0 Å². The van der Waals surface area contributed by atoms with Gasteiger partial charge in [0, 0.05) is 23.0 Å². The molecule has 7 heteroatoms. The van der Waals surface area contributed by atoms with Crippen LogP contribution < -0.4 is 5.32 Å². The van der Waals surface area contributed by atoms with Gasteiger partial charge in [-0.25, -0.2) is 9.78 Å². The second-order valence-electron chi connectivity index (χ2n) is 4.91. The van der Waals surface area contributed by atoms with Gasteiger partial charge in [-0.05, 0) is 38.1 Å². The highest BCUT2D eigenvalue weighted by atomic mass is 32.1. The van der Waals surface area contributed by atoms with Crippen LogP contribution in [0.4, 0.5) is 5.69 Å². The Morgan fingerprint density at radius 3 is 2.65 bits per heavy atom. The zero-order chi connectivity index (χ0) is 16.4. The van der Waals surface area contributed by atoms with Gasteiger partial charge in [-0.3, -0.25) is 9.20 Å². The molecule has 0 unspecified atom stereocenters. The number of hydrogen-bond acceptors (Lipinski definition) is 5. The number of aryl methyl sites for hydroxylation is 1. The van der Waals surface area contributed by atoms with Crippen LogP contribution in [0.25, 0.3) is 4.96 Å². The van der Waals surface area contributed by atoms with Crippen LogP contribution in [0, 0.1) is 6.92 Å². The summed E-state index contributed by atoms with van der Waals surface area (Å²) in [6.07, 6.45) is 3.62. The minimum atomic E-state index is -0.380. The Morgan fingerprint density at radius 1 is 1.26 bits per heavy atom. The number of nitrogens with one attached hydrogen (secondary N) is 1. The van der Waals surface area contributed by atoms with E-state index in [2.05, 4.69) is 10.3 Å². The van der Waals surface area contributed by atoms with Crippen molar-refractivity contribution >= 4 is 33.9 Å². The number of imidazole rings is 1. The molecule has 1 aromatic carbocycles. The highest BCUT2D eigenvalue weighted by molar-refractivity contribution is 7.17. The lowest BCUT2D eigenvalue weighted by Gasteiger charge is -2.05. The SMILES string of the molecule is CCOC(=O)c1ccc(NC(=O)c2cn3cc(C)sc3n2)cc1. The van der Waals surface area contributed by atoms with E-state index in [1.807, 2.05) is 17.5 Å². The van der Waals surface area contributed by atoms with Crippen molar-refractivity contribution < 1.29 is 14.3 Å². The number of esters is 1. The maximum absolute atomic E-state index is 12.2. The quantitative estimate of drug-likeness (QED) is 0.746. The van der Waals surface area contributed by atoms with Crippen molar-refractivity contribution in [3.8, 4) is 0 Å². The molecular formula is C16H15N3O3S. The highest BCUT2D eigenvalue weighted by Crippen LogP contribution is 2.18. The van der Waals surface area contributed by atoms with Crippen LogP contribution in [0.1, 0.15) is 32.6 Å². The molecule has 0 aliphatic rings. The second-order valence-corrected chi connectivity index (χ2v) is 6.12. The monoisotopic (exact) mass is 329 g/mol. The Morgan fingerprint density at radius 2 is 2.00 bits per heavy atom. The maximum atomic E-state index is 12.2. The van der Waals surface area contributed by atoms with E-state index in [-0.39, 0.29) is 11.9 Å². The van der Waals surface area contributed by atoms with Gasteiger partial charge in [-0.1, -0.05) is 0 Å². The van der Waals surface area contributed by atoms with Gasteiger partial charge < -0.3 is 10.1 Å². The average molecular weight is 329 g/mol. The molecule has 3 aromatic rings. The summed E-state index contributed by atoms with van der Waals surface area (Å²) in [6.45, 7) is 4.07. The Labute approximate surface area is 136 Å². The van der Waals surface area contributed by atoms with Crippen LogP contribution >= 0.6 is 11.3 Å². The molecular weight excluding hydrogens is 314 g/mol. The molecule has 118 valence electrons. The standard InChI is InChI=1S/C16H15N3O3S/c1-3-22-15(21)11-4-6-12(7-5-11)17-14(20)13-9-19-8-10(2)23-16(19)18-13/h4-9H,3H2,1-2H3,(H,17,20). The van der Waals surface area contributed by atoms with Crippen molar-refractivity contribution in [2.45, 2.75) is 13.8 Å². The number of thiazole rings is 1. The number of fused-ring (bicyclic) bond motifs is 1. The molecule has 0 atom stereocenters. The van der Waals surface area contributed by atoms with Gasteiger partial charge in [0.25, 0.3) is 5.91 Å². The average Bonchev–Trinajstić information content (AvgIpc) is 3.05. The fourth-order valence-corrected chi connectivity index (χ4v) is 2.93. The van der Waals surface area contributed by atoms with Crippen molar-refractivity contribution in [1.82, 2.24) is 9.38 Å². The zero-order valence-corrected chi connectivity index (χ0v) is 13.5. The third-order valence-corrected chi connectivity index (χ3v) is 4.07. The minimum absolute atomic E-state index is 0.289. The van der Waals surface area contributed by atoms with Crippen LogP contribution in [-0.4, -0.2) is 27.9 Å². The fraction of sp³-hybridized carbons (Fsp3) is 0.188. The number of carbonyl (C=O) groups excluding carboxylic acids is 2. The Bertz CT molecular complexity index is 833. The lowest BCUT2D eigenvalue weighted by molar-refractivity contribution is 0.0526. The fourth-order valence-electron chi connectivity index (χ4n) is 2.12. The Balaban J connectivity index is 1.71. The van der Waals surface area contributed by atoms with Gasteiger partial charge in [0.15, 0.2) is 4.96 Å². The first-order valence-corrected chi connectivity index (χ1v) is 7.92. The van der Waals surface area contributed by atoms with E-state index < -0.39 is 0 Å². The third kappa shape index (κ3) is 3.24. The van der Waals surface area contributed by atoms with E-state index in [0.29, 0.717) is 23.6 Å². The van der Waals surface area contributed by atoms with Gasteiger partial charge in [-0.15, -0.1) is 11.3 Å². The van der Waals surface area contributed by atoms with Gasteiger partial charge in [0.05, 0.1) is 12.2 Å². The lowest BCUT2D eigenvalue weighted by Crippen LogP contribution is -2.12. The van der Waals surface area contributed by atoms with Crippen LogP contribution in [0.5, 0.6) is 0 Å². The van der Waals surface area contributed by atoms with Gasteiger partial charge >= 0.3 is 5.97 Å². The predicted octanol–water partition coefficient (Wildman–Crippen LogP) is 3.13. The summed E-state index contributed by atoms with van der Waals surface area (Å²) in [4.78, 5) is 30.0. The molecule has 0 saturated carbocycles. The van der Waals surface area contributed by atoms with Crippen LogP contribution in [0.2, 0.25) is 0 Å². The molecule has 0 radical (unpaired) electrons. The zero-order valence-electron chi connectivity index (χ0n) is 12.7. The second kappa shape index (κ2) is 6.21. The molecule has 0 spiro atoms. The first-order valence-electron chi connectivity index (χ1n) is 7.10. The van der Waals surface area contributed by atoms with E-state index in [1.54, 1.807) is 37.4 Å². The predicted molar refractivity (Wildman–Crippen MR) is 88.2 cm³/mol. The van der Waals surface area contributed by atoms with Gasteiger partial charge in [-0.2, -0.15) is 0 Å². The highest BCUT2D eigenvalue weighted by Gasteiger charge is 2.13. The number of nitrogens with zero attached hydrogens (tertiary/aromatic N) is 2. The number of anilines is 1. The van der Waals surface area contributed by atoms with Gasteiger partial charge in [0.1, 0.15) is 5.69 Å². The molecule has 0 fully saturated rings. The lowest BCUT2D eigenvalue weighted by atomic mass is 10.2. The van der Waals surface area contributed by atoms with Crippen molar-refractivity contribution in [2.75, 3.05) is 11.9 Å². The summed E-state index contributed by atoms with van der Waals surface area (Å²) in [5, 5.41) is 2.76. The number of ether oxygens (including phenoxy) is 1. The number of aromatic nitrogens is 2. The van der Waals surface area contributed by atoms with Crippen molar-refractivity contribution in [3.05, 3.63) is 52.8 Å². The summed E-state index contributed by atoms with van der Waals surface area (Å²) >= 11 is 1.53. The molecule has 0 aliphatic heterocycles. The molecule has 0 saturated heterocycles. The summed E-state index contributed by atoms with van der Waals surface area (Å²) in [6, 6.07) is 6.55. The molecule has 1 N–H and O–H groups in total. The first-order chi connectivity index (χ1) is 11.1. The van der Waals surface area contributed by atoms with Crippen molar-refractivity contribution in [2.24, 2.45) is 0 Å². The summed E-state index contributed by atoms with van der Waals surface area (Å²) in [5.41, 5.74) is 1.39. The first kappa shape index (κ1) is 15.2. The number of hydrogen-bond donors (Lipinski definition) is 1. The Kier molecular flexibility index (Phi) is 4.12. The number of benzene rings is 1. The topological polar surface area (TPSA) is 72.7 Å². The largest absolute Gasteiger partial charge is 0.462 e. The molecule has 2 aromatic heterocycles. The number of amides is 1. The third-order valence-electron chi connectivity index (χ3n) is 3.16. The van der Waals surface area contributed by atoms with E-state index in [0.717, 1.165) is 9.84 Å². The molecule has 3 rings (SSSR count). The smallest absolute Gasteiger partial charge is 0.338 e. The van der Waals surface area contributed by atoms with E-state index in [9.17, 15) is 9.59 Å². The molecule has 0 aliphatic carbocycles. The molecule has 6 nitrogen and oxygen atoms in total. The van der Waals surface area contributed by atoms with Crippen molar-refractivity contribution in [1.29, 1.82) is 0 Å². The number of carbonyl (C=O) groups is 2.